The summed E-state index contributed by atoms with van der Waals surface area (Å²) in [5.74, 6) is 0.00342. The fourth-order valence-corrected chi connectivity index (χ4v) is 8.43. The van der Waals surface area contributed by atoms with Gasteiger partial charge in [0.25, 0.3) is 0 Å². The van der Waals surface area contributed by atoms with E-state index in [2.05, 4.69) is 31.6 Å². The van der Waals surface area contributed by atoms with Crippen LogP contribution < -0.4 is 5.43 Å². The van der Waals surface area contributed by atoms with E-state index in [0.29, 0.717) is 68.8 Å². The number of nitrogens with zero attached hydrogens (tertiary/aromatic N) is 5. The van der Waals surface area contributed by atoms with Gasteiger partial charge >= 0.3 is 24.5 Å². The number of piperidine rings is 2. The summed E-state index contributed by atoms with van der Waals surface area (Å²) in [6.07, 6.45) is -6.82. The molecule has 0 radical (unpaired) electrons. The van der Waals surface area contributed by atoms with Crippen LogP contribution in [0.2, 0.25) is 0 Å². The van der Waals surface area contributed by atoms with E-state index in [4.69, 9.17) is 9.47 Å². The molecule has 0 aliphatic carbocycles. The summed E-state index contributed by atoms with van der Waals surface area (Å²) in [5.41, 5.74) is 2.86. The number of alkyl halides is 6. The summed E-state index contributed by atoms with van der Waals surface area (Å²) < 4.78 is 89.1. The second-order valence-corrected chi connectivity index (χ2v) is 17.5. The molecule has 2 fully saturated rings. The van der Waals surface area contributed by atoms with Crippen molar-refractivity contribution in [3.63, 3.8) is 0 Å². The van der Waals surface area contributed by atoms with E-state index >= 15 is 0 Å². The van der Waals surface area contributed by atoms with Crippen LogP contribution in [0.15, 0.2) is 32.5 Å². The topological polar surface area (TPSA) is 101 Å². The van der Waals surface area contributed by atoms with Crippen molar-refractivity contribution in [3.05, 3.63) is 37.9 Å². The van der Waals surface area contributed by atoms with Crippen LogP contribution in [0.1, 0.15) is 83.7 Å². The van der Waals surface area contributed by atoms with E-state index in [1.165, 1.54) is 22.7 Å². The van der Waals surface area contributed by atoms with Gasteiger partial charge in [-0.25, -0.2) is 9.59 Å². The van der Waals surface area contributed by atoms with Gasteiger partial charge in [0.05, 0.1) is 26.5 Å². The number of likely N-dealkylation sites (tertiary alicyclic amines) is 2. The van der Waals surface area contributed by atoms with Gasteiger partial charge < -0.3 is 24.7 Å². The average molecular weight is 860 g/mol. The van der Waals surface area contributed by atoms with Crippen LogP contribution in [-0.4, -0.2) is 93.8 Å². The Balaban J connectivity index is 0.000000237. The second kappa shape index (κ2) is 17.2. The van der Waals surface area contributed by atoms with Crippen LogP contribution in [0, 0.1) is 5.92 Å². The zero-order chi connectivity index (χ0) is 39.4. The van der Waals surface area contributed by atoms with Gasteiger partial charge in [-0.3, -0.25) is 4.68 Å². The van der Waals surface area contributed by atoms with Gasteiger partial charge in [-0.1, -0.05) is 0 Å². The van der Waals surface area contributed by atoms with E-state index in [1.54, 1.807) is 21.2 Å². The molecule has 10 nitrogen and oxygen atoms in total. The maximum absolute atomic E-state index is 12.8. The highest BCUT2D eigenvalue weighted by Gasteiger charge is 2.34. The maximum atomic E-state index is 12.8. The number of thiophene rings is 2. The molecular weight excluding hydrogens is 814 g/mol. The van der Waals surface area contributed by atoms with Crippen molar-refractivity contribution in [3.8, 4) is 0 Å². The first-order valence-corrected chi connectivity index (χ1v) is 19.6. The van der Waals surface area contributed by atoms with Crippen molar-refractivity contribution >= 4 is 66.7 Å². The molecule has 296 valence electrons. The molecule has 53 heavy (non-hydrogen) atoms. The lowest BCUT2D eigenvalue weighted by atomic mass is 9.91. The molecule has 5 rings (SSSR count). The predicted molar refractivity (Wildman–Crippen MR) is 197 cm³/mol. The van der Waals surface area contributed by atoms with Gasteiger partial charge in [-0.05, 0) is 106 Å². The lowest BCUT2D eigenvalue weighted by Crippen LogP contribution is -2.43. The molecule has 2 aliphatic heterocycles. The highest BCUT2D eigenvalue weighted by molar-refractivity contribution is 9.10. The third kappa shape index (κ3) is 13.0. The van der Waals surface area contributed by atoms with E-state index in [1.807, 2.05) is 53.0 Å². The third-order valence-corrected chi connectivity index (χ3v) is 10.9. The lowest BCUT2D eigenvalue weighted by molar-refractivity contribution is -0.142. The van der Waals surface area contributed by atoms with Crippen molar-refractivity contribution < 1.29 is 45.4 Å². The van der Waals surface area contributed by atoms with Crippen LogP contribution >= 0.6 is 38.6 Å². The molecule has 1 N–H and O–H groups in total. The number of hydrazone groups is 1. The molecule has 2 aliphatic rings. The number of hydrogen-bond acceptors (Lipinski definition) is 9. The predicted octanol–water partition coefficient (Wildman–Crippen LogP) is 9.79. The summed E-state index contributed by atoms with van der Waals surface area (Å²) in [7, 11) is 0. The van der Waals surface area contributed by atoms with Gasteiger partial charge in [0.15, 0.2) is 0 Å². The molecular formula is C34H45BrF6N6O4S2. The molecule has 0 spiro atoms. The Labute approximate surface area is 321 Å². The smallest absolute Gasteiger partial charge is 0.410 e. The largest absolute Gasteiger partial charge is 0.444 e. The average Bonchev–Trinajstić information content (AvgIpc) is 3.75. The number of rotatable bonds is 6. The molecule has 2 amide bonds. The zero-order valence-electron chi connectivity index (χ0n) is 30.4. The number of carbonyl (C=O) groups excluding carboxylic acids is 2. The normalized spacial score (nSPS) is 17.1. The Hall–Kier alpha value is -3.06. The molecule has 0 atom stereocenters. The number of fused-ring (bicyclic) bond motifs is 1. The van der Waals surface area contributed by atoms with Gasteiger partial charge in [-0.15, -0.1) is 22.7 Å². The molecule has 2 saturated heterocycles. The lowest BCUT2D eigenvalue weighted by Gasteiger charge is -2.33. The van der Waals surface area contributed by atoms with E-state index < -0.39 is 36.6 Å². The minimum atomic E-state index is -4.33. The van der Waals surface area contributed by atoms with E-state index in [9.17, 15) is 35.9 Å². The van der Waals surface area contributed by atoms with Gasteiger partial charge in [-0.2, -0.15) is 36.5 Å². The Morgan fingerprint density at radius 2 is 1.38 bits per heavy atom. The standard InChI is InChI=1S/C17H23BrF3N3O2S.C17H22F3N3O2S/c1-16(2,3)26-15(25)24-7-4-11(5-8-24)13(14-12(18)6-9-27-14)23-22-10-17(19,20)21;1-16(2,3)25-15(24)22-7-4-11(5-8-22)13-14-12(6-9-26-14)23(21-13)10-17(18,19)20/h6,9,11,22H,4-5,7-8,10H2,1-3H3;6,9,11H,4-5,7-8,10H2,1-3H3/b23-13+;. The maximum Gasteiger partial charge on any atom is 0.410 e. The number of amides is 2. The minimum Gasteiger partial charge on any atom is -0.444 e. The highest BCUT2D eigenvalue weighted by Crippen LogP contribution is 2.37. The summed E-state index contributed by atoms with van der Waals surface area (Å²) in [5, 5.41) is 12.0. The third-order valence-electron chi connectivity index (χ3n) is 8.11. The van der Waals surface area contributed by atoms with Gasteiger partial charge in [0, 0.05) is 42.5 Å². The summed E-state index contributed by atoms with van der Waals surface area (Å²) >= 11 is 6.26. The number of hydrogen-bond donors (Lipinski definition) is 1. The monoisotopic (exact) mass is 858 g/mol. The SMILES string of the molecule is CC(C)(C)OC(=O)N1CCC(/C(=N\NCC(F)(F)F)c2sccc2Br)CC1.CC(C)(C)OC(=O)N1CCC(c2nn(CC(F)(F)F)c3ccsc23)CC1. The zero-order valence-corrected chi connectivity index (χ0v) is 33.6. The summed E-state index contributed by atoms with van der Waals surface area (Å²) in [6, 6.07) is 3.52. The Bertz CT molecular complexity index is 1710. The fraction of sp³-hybridized carbons (Fsp3) is 0.647. The summed E-state index contributed by atoms with van der Waals surface area (Å²) in [6.45, 7) is 10.6. The minimum absolute atomic E-state index is 0.0422. The first-order chi connectivity index (χ1) is 24.5. The molecule has 5 heterocycles. The van der Waals surface area contributed by atoms with E-state index in [-0.39, 0.29) is 24.0 Å². The highest BCUT2D eigenvalue weighted by atomic mass is 79.9. The van der Waals surface area contributed by atoms with Crippen molar-refractivity contribution in [2.75, 3.05) is 32.7 Å². The molecule has 0 saturated carbocycles. The molecule has 0 bridgehead atoms. The first-order valence-electron chi connectivity index (χ1n) is 17.1. The van der Waals surface area contributed by atoms with Gasteiger partial charge in [0.1, 0.15) is 24.3 Å². The molecule has 0 unspecified atom stereocenters. The van der Waals surface area contributed by atoms with Crippen molar-refractivity contribution in [1.29, 1.82) is 0 Å². The number of aromatic nitrogens is 2. The Morgan fingerprint density at radius 1 is 0.849 bits per heavy atom. The van der Waals surface area contributed by atoms with Crippen LogP contribution in [0.5, 0.6) is 0 Å². The molecule has 3 aromatic heterocycles. The van der Waals surface area contributed by atoms with Crippen molar-refractivity contribution in [2.24, 2.45) is 11.0 Å². The number of nitrogens with one attached hydrogen (secondary N) is 1. The van der Waals surface area contributed by atoms with Crippen molar-refractivity contribution in [2.45, 2.75) is 103 Å². The number of ether oxygens (including phenoxy) is 2. The molecule has 0 aromatic carbocycles. The van der Waals surface area contributed by atoms with E-state index in [0.717, 1.165) is 18.7 Å². The van der Waals surface area contributed by atoms with Crippen LogP contribution in [-0.2, 0) is 16.0 Å². The molecule has 3 aromatic rings. The number of carbonyl (C=O) groups is 2. The van der Waals surface area contributed by atoms with Crippen molar-refractivity contribution in [1.82, 2.24) is 25.0 Å². The van der Waals surface area contributed by atoms with Crippen LogP contribution in [0.4, 0.5) is 35.9 Å². The Kier molecular flexibility index (Phi) is 13.8. The number of halogens is 7. The fourth-order valence-electron chi connectivity index (χ4n) is 5.83. The Morgan fingerprint density at radius 3 is 1.85 bits per heavy atom. The van der Waals surface area contributed by atoms with Crippen LogP contribution in [0.25, 0.3) is 10.2 Å². The first kappa shape index (κ1) is 42.7. The quantitative estimate of drug-likeness (QED) is 0.151. The molecule has 19 heteroatoms. The van der Waals surface area contributed by atoms with Gasteiger partial charge in [0.2, 0.25) is 0 Å². The van der Waals surface area contributed by atoms with Crippen LogP contribution in [0.3, 0.4) is 0 Å². The summed E-state index contributed by atoms with van der Waals surface area (Å²) in [4.78, 5) is 28.4. The second-order valence-electron chi connectivity index (χ2n) is 14.8.